The molecule has 1 aliphatic rings. The first-order valence-corrected chi connectivity index (χ1v) is 6.91. The molecule has 1 aromatic rings. The lowest BCUT2D eigenvalue weighted by atomic mass is 10.1. The summed E-state index contributed by atoms with van der Waals surface area (Å²) in [5.41, 5.74) is 5.74. The summed E-state index contributed by atoms with van der Waals surface area (Å²) in [5.74, 6) is 0.0103. The van der Waals surface area contributed by atoms with Gasteiger partial charge in [0.15, 0.2) is 0 Å². The summed E-state index contributed by atoms with van der Waals surface area (Å²) >= 11 is 4.86. The van der Waals surface area contributed by atoms with Gasteiger partial charge in [-0.2, -0.15) is 0 Å². The van der Waals surface area contributed by atoms with Crippen LogP contribution in [0.3, 0.4) is 0 Å². The monoisotopic (exact) mass is 282 g/mol. The molecule has 3 nitrogen and oxygen atoms in total. The van der Waals surface area contributed by atoms with Crippen molar-refractivity contribution in [2.45, 2.75) is 25.3 Å². The molecule has 1 unspecified atom stereocenters. The maximum atomic E-state index is 13.6. The third-order valence-electron chi connectivity index (χ3n) is 3.60. The molecular formula is C14H19FN2OS. The van der Waals surface area contributed by atoms with Crippen molar-refractivity contribution in [3.63, 3.8) is 0 Å². The van der Waals surface area contributed by atoms with Crippen LogP contribution >= 0.6 is 12.2 Å². The molecule has 5 heteroatoms. The van der Waals surface area contributed by atoms with Crippen LogP contribution in [0.15, 0.2) is 18.2 Å². The highest BCUT2D eigenvalue weighted by Gasteiger charge is 2.20. The summed E-state index contributed by atoms with van der Waals surface area (Å²) < 4.78 is 19.3. The number of ether oxygens (including phenoxy) is 1. The maximum Gasteiger partial charge on any atom is 0.137 e. The Balaban J connectivity index is 1.96. The molecule has 104 valence electrons. The highest BCUT2D eigenvalue weighted by Crippen LogP contribution is 2.23. The average molecular weight is 282 g/mol. The first kappa shape index (κ1) is 14.2. The molecule has 0 spiro atoms. The van der Waals surface area contributed by atoms with Gasteiger partial charge >= 0.3 is 0 Å². The highest BCUT2D eigenvalue weighted by atomic mass is 32.1. The zero-order chi connectivity index (χ0) is 13.8. The van der Waals surface area contributed by atoms with E-state index in [2.05, 4.69) is 11.9 Å². The fourth-order valence-electron chi connectivity index (χ4n) is 2.51. The third kappa shape index (κ3) is 3.42. The van der Waals surface area contributed by atoms with Gasteiger partial charge in [-0.3, -0.25) is 0 Å². The molecule has 0 amide bonds. The van der Waals surface area contributed by atoms with Crippen LogP contribution in [0.5, 0.6) is 5.75 Å². The lowest BCUT2D eigenvalue weighted by Crippen LogP contribution is -2.26. The van der Waals surface area contributed by atoms with Crippen LogP contribution in [0.25, 0.3) is 0 Å². The van der Waals surface area contributed by atoms with E-state index in [1.54, 1.807) is 12.1 Å². The number of hydrogen-bond acceptors (Lipinski definition) is 3. The van der Waals surface area contributed by atoms with Crippen LogP contribution in [0, 0.1) is 5.82 Å². The van der Waals surface area contributed by atoms with E-state index in [4.69, 9.17) is 22.7 Å². The van der Waals surface area contributed by atoms with E-state index in [9.17, 15) is 4.39 Å². The van der Waals surface area contributed by atoms with Gasteiger partial charge in [-0.15, -0.1) is 0 Å². The second kappa shape index (κ2) is 6.30. The predicted molar refractivity (Wildman–Crippen MR) is 78.1 cm³/mol. The van der Waals surface area contributed by atoms with Crippen LogP contribution in [0.4, 0.5) is 4.39 Å². The van der Waals surface area contributed by atoms with Gasteiger partial charge < -0.3 is 15.4 Å². The van der Waals surface area contributed by atoms with Crippen molar-refractivity contribution in [3.8, 4) is 5.75 Å². The highest BCUT2D eigenvalue weighted by molar-refractivity contribution is 7.80. The van der Waals surface area contributed by atoms with Crippen molar-refractivity contribution < 1.29 is 9.13 Å². The van der Waals surface area contributed by atoms with Crippen LogP contribution in [0.2, 0.25) is 0 Å². The number of rotatable bonds is 5. The molecule has 0 bridgehead atoms. The van der Waals surface area contributed by atoms with Gasteiger partial charge in [0.2, 0.25) is 0 Å². The van der Waals surface area contributed by atoms with Gasteiger partial charge in [0, 0.05) is 6.04 Å². The van der Waals surface area contributed by atoms with E-state index in [1.165, 1.54) is 18.9 Å². The van der Waals surface area contributed by atoms with Gasteiger partial charge in [-0.05, 0) is 45.0 Å². The quantitative estimate of drug-likeness (QED) is 0.841. The largest absolute Gasteiger partial charge is 0.493 e. The van der Waals surface area contributed by atoms with Gasteiger partial charge in [0.05, 0.1) is 12.2 Å². The minimum absolute atomic E-state index is 0.0334. The lowest BCUT2D eigenvalue weighted by Gasteiger charge is -2.19. The molecule has 1 heterocycles. The summed E-state index contributed by atoms with van der Waals surface area (Å²) in [6, 6.07) is 5.21. The fourth-order valence-corrected chi connectivity index (χ4v) is 2.71. The standard InChI is InChI=1S/C14H19FN2OS/c1-17-8-3-4-10(17)7-9-18-12-6-2-5-11(15)13(12)14(16)19/h2,5-6,10H,3-4,7-9H2,1H3,(H2,16,19). The van der Waals surface area contributed by atoms with Crippen molar-refractivity contribution in [2.75, 3.05) is 20.2 Å². The Labute approximate surface area is 118 Å². The number of halogens is 1. The van der Waals surface area contributed by atoms with Crippen LogP contribution in [-0.2, 0) is 0 Å². The van der Waals surface area contributed by atoms with E-state index in [0.717, 1.165) is 13.0 Å². The molecule has 0 aliphatic carbocycles. The molecule has 0 aromatic heterocycles. The second-order valence-electron chi connectivity index (χ2n) is 4.89. The zero-order valence-electron chi connectivity index (χ0n) is 11.1. The molecule has 2 N–H and O–H groups in total. The van der Waals surface area contributed by atoms with E-state index in [1.807, 2.05) is 0 Å². The van der Waals surface area contributed by atoms with Crippen molar-refractivity contribution in [2.24, 2.45) is 5.73 Å². The van der Waals surface area contributed by atoms with Crippen LogP contribution in [-0.4, -0.2) is 36.1 Å². The molecule has 1 aromatic carbocycles. The summed E-state index contributed by atoms with van der Waals surface area (Å²) in [5, 5.41) is 0. The number of nitrogens with two attached hydrogens (primary N) is 1. The Bertz CT molecular complexity index is 467. The molecule has 2 rings (SSSR count). The molecule has 1 atom stereocenters. The van der Waals surface area contributed by atoms with Crippen LogP contribution in [0.1, 0.15) is 24.8 Å². The van der Waals surface area contributed by atoms with Crippen molar-refractivity contribution in [1.82, 2.24) is 4.90 Å². The van der Waals surface area contributed by atoms with Gasteiger partial charge in [-0.25, -0.2) is 4.39 Å². The Morgan fingerprint density at radius 2 is 2.37 bits per heavy atom. The van der Waals surface area contributed by atoms with Crippen molar-refractivity contribution in [3.05, 3.63) is 29.6 Å². The van der Waals surface area contributed by atoms with E-state index >= 15 is 0 Å². The SMILES string of the molecule is CN1CCCC1CCOc1cccc(F)c1C(N)=S. The summed E-state index contributed by atoms with van der Waals surface area (Å²) in [6.07, 6.45) is 3.37. The average Bonchev–Trinajstić information content (AvgIpc) is 2.75. The number of hydrogen-bond donors (Lipinski definition) is 1. The smallest absolute Gasteiger partial charge is 0.137 e. The predicted octanol–water partition coefficient (Wildman–Crippen LogP) is 2.32. The number of benzene rings is 1. The van der Waals surface area contributed by atoms with Gasteiger partial charge in [0.1, 0.15) is 16.6 Å². The topological polar surface area (TPSA) is 38.5 Å². The van der Waals surface area contributed by atoms with Crippen LogP contribution < -0.4 is 10.5 Å². The maximum absolute atomic E-state index is 13.6. The van der Waals surface area contributed by atoms with Gasteiger partial charge in [0.25, 0.3) is 0 Å². The molecule has 0 saturated carbocycles. The zero-order valence-corrected chi connectivity index (χ0v) is 11.9. The minimum atomic E-state index is -0.428. The molecule has 19 heavy (non-hydrogen) atoms. The number of thiocarbonyl (C=S) groups is 1. The first-order chi connectivity index (χ1) is 9.09. The Hall–Kier alpha value is -1.20. The number of nitrogens with zero attached hydrogens (tertiary/aromatic N) is 1. The molecule has 1 aliphatic heterocycles. The third-order valence-corrected chi connectivity index (χ3v) is 3.81. The summed E-state index contributed by atoms with van der Waals surface area (Å²) in [4.78, 5) is 2.37. The van der Waals surface area contributed by atoms with E-state index in [-0.39, 0.29) is 10.6 Å². The second-order valence-corrected chi connectivity index (χ2v) is 5.33. The fraction of sp³-hybridized carbons (Fsp3) is 0.500. The minimum Gasteiger partial charge on any atom is -0.493 e. The number of likely N-dealkylation sites (tertiary alicyclic amines) is 1. The van der Waals surface area contributed by atoms with Gasteiger partial charge in [-0.1, -0.05) is 18.3 Å². The Morgan fingerprint density at radius 3 is 3.00 bits per heavy atom. The van der Waals surface area contributed by atoms with E-state index in [0.29, 0.717) is 18.4 Å². The Kier molecular flexibility index (Phi) is 4.71. The van der Waals surface area contributed by atoms with Crippen molar-refractivity contribution >= 4 is 17.2 Å². The molecule has 1 fully saturated rings. The first-order valence-electron chi connectivity index (χ1n) is 6.51. The van der Waals surface area contributed by atoms with E-state index < -0.39 is 5.82 Å². The molecule has 1 saturated heterocycles. The molecule has 0 radical (unpaired) electrons. The summed E-state index contributed by atoms with van der Waals surface area (Å²) in [7, 11) is 2.13. The normalized spacial score (nSPS) is 19.6. The molecular weight excluding hydrogens is 263 g/mol. The Morgan fingerprint density at radius 1 is 1.58 bits per heavy atom. The lowest BCUT2D eigenvalue weighted by molar-refractivity contribution is 0.232. The van der Waals surface area contributed by atoms with Crippen molar-refractivity contribution in [1.29, 1.82) is 0 Å². The summed E-state index contributed by atoms with van der Waals surface area (Å²) in [6.45, 7) is 1.69.